The average molecular weight is 442 g/mol. The molecule has 0 atom stereocenters. The third-order valence-corrected chi connectivity index (χ3v) is 5.57. The molecule has 3 amide bonds. The zero-order valence-electron chi connectivity index (χ0n) is 18.9. The molecule has 1 aliphatic heterocycles. The van der Waals surface area contributed by atoms with E-state index in [1.807, 2.05) is 6.07 Å². The molecule has 2 aromatic rings. The van der Waals surface area contributed by atoms with Gasteiger partial charge in [-0.15, -0.1) is 0 Å². The lowest BCUT2D eigenvalue weighted by molar-refractivity contribution is -0.130. The molecule has 1 N–H and O–H groups in total. The van der Waals surface area contributed by atoms with Gasteiger partial charge in [-0.05, 0) is 24.3 Å². The third kappa shape index (κ3) is 6.18. The van der Waals surface area contributed by atoms with Crippen LogP contribution in [0.4, 0.5) is 5.69 Å². The Morgan fingerprint density at radius 3 is 2.12 bits per heavy atom. The summed E-state index contributed by atoms with van der Waals surface area (Å²) < 4.78 is 5.25. The van der Waals surface area contributed by atoms with Crippen LogP contribution >= 0.6 is 0 Å². The van der Waals surface area contributed by atoms with E-state index >= 15 is 0 Å². The van der Waals surface area contributed by atoms with Gasteiger partial charge in [-0.3, -0.25) is 24.2 Å². The normalized spacial score (nSPS) is 14.7. The molecule has 0 radical (unpaired) electrons. The number of nitrogens with zero attached hydrogens (tertiary/aromatic N) is 4. The molecule has 0 aliphatic carbocycles. The standard InChI is InChI=1S/C23H31N5O4/c1-25(2)21(29)16-27-10-12-28(13-11-27)17-22(30)26(3)20-9-5-4-8-19(20)23(31)24-15-18-7-6-14-32-18/h4-9,14H,10-13,15-17H2,1-3H3,(H,24,31). The predicted octanol–water partition coefficient (Wildman–Crippen LogP) is 0.878. The molecule has 9 nitrogen and oxygen atoms in total. The van der Waals surface area contributed by atoms with Crippen LogP contribution in [0.5, 0.6) is 0 Å². The van der Waals surface area contributed by atoms with E-state index in [1.165, 1.54) is 4.90 Å². The van der Waals surface area contributed by atoms with Crippen molar-refractivity contribution in [2.75, 3.05) is 65.3 Å². The Morgan fingerprint density at radius 1 is 0.906 bits per heavy atom. The molecule has 9 heteroatoms. The van der Waals surface area contributed by atoms with E-state index in [0.717, 1.165) is 13.1 Å². The Bertz CT molecular complexity index is 920. The van der Waals surface area contributed by atoms with E-state index in [1.54, 1.807) is 62.6 Å². The largest absolute Gasteiger partial charge is 0.467 e. The second-order valence-electron chi connectivity index (χ2n) is 8.07. The minimum atomic E-state index is -0.268. The van der Waals surface area contributed by atoms with Crippen LogP contribution in [0.2, 0.25) is 0 Å². The van der Waals surface area contributed by atoms with Gasteiger partial charge in [0.1, 0.15) is 5.76 Å². The number of rotatable bonds is 8. The topological polar surface area (TPSA) is 89.3 Å². The van der Waals surface area contributed by atoms with Gasteiger partial charge in [0.2, 0.25) is 11.8 Å². The van der Waals surface area contributed by atoms with Gasteiger partial charge < -0.3 is 19.5 Å². The van der Waals surface area contributed by atoms with E-state index in [2.05, 4.69) is 15.1 Å². The Kier molecular flexibility index (Phi) is 8.02. The quantitative estimate of drug-likeness (QED) is 0.654. The van der Waals surface area contributed by atoms with Gasteiger partial charge in [-0.2, -0.15) is 0 Å². The number of furan rings is 1. The van der Waals surface area contributed by atoms with Crippen molar-refractivity contribution in [3.05, 3.63) is 54.0 Å². The first-order valence-corrected chi connectivity index (χ1v) is 10.7. The molecular formula is C23H31N5O4. The molecule has 0 bridgehead atoms. The number of hydrogen-bond donors (Lipinski definition) is 1. The van der Waals surface area contributed by atoms with Gasteiger partial charge >= 0.3 is 0 Å². The summed E-state index contributed by atoms with van der Waals surface area (Å²) in [6.07, 6.45) is 1.56. The fourth-order valence-corrected chi connectivity index (χ4v) is 3.50. The van der Waals surface area contributed by atoms with Gasteiger partial charge in [0.05, 0.1) is 37.1 Å². The number of anilines is 1. The number of carbonyl (C=O) groups is 3. The summed E-state index contributed by atoms with van der Waals surface area (Å²) in [7, 11) is 5.19. The lowest BCUT2D eigenvalue weighted by atomic mass is 10.1. The van der Waals surface area contributed by atoms with Gasteiger partial charge in [-0.25, -0.2) is 0 Å². The predicted molar refractivity (Wildman–Crippen MR) is 121 cm³/mol. The van der Waals surface area contributed by atoms with E-state index in [9.17, 15) is 14.4 Å². The van der Waals surface area contributed by atoms with Crippen LogP contribution in [0, 0.1) is 0 Å². The first-order chi connectivity index (χ1) is 15.3. The highest BCUT2D eigenvalue weighted by Crippen LogP contribution is 2.20. The number of para-hydroxylation sites is 1. The highest BCUT2D eigenvalue weighted by Gasteiger charge is 2.24. The maximum Gasteiger partial charge on any atom is 0.253 e. The number of benzene rings is 1. The Labute approximate surface area is 188 Å². The monoisotopic (exact) mass is 441 g/mol. The highest BCUT2D eigenvalue weighted by molar-refractivity contribution is 6.05. The Hall–Kier alpha value is -3.17. The molecule has 172 valence electrons. The van der Waals surface area contributed by atoms with Crippen molar-refractivity contribution in [1.82, 2.24) is 20.0 Å². The van der Waals surface area contributed by atoms with Gasteiger partial charge in [0, 0.05) is 47.3 Å². The van der Waals surface area contributed by atoms with Crippen molar-refractivity contribution in [1.29, 1.82) is 0 Å². The summed E-state index contributed by atoms with van der Waals surface area (Å²) in [5, 5.41) is 2.83. The summed E-state index contributed by atoms with van der Waals surface area (Å²) in [5.74, 6) is 0.382. The van der Waals surface area contributed by atoms with Crippen molar-refractivity contribution in [3.63, 3.8) is 0 Å². The van der Waals surface area contributed by atoms with Crippen molar-refractivity contribution in [2.24, 2.45) is 0 Å². The minimum Gasteiger partial charge on any atom is -0.467 e. The number of piperazine rings is 1. The van der Waals surface area contributed by atoms with Crippen LogP contribution < -0.4 is 10.2 Å². The van der Waals surface area contributed by atoms with E-state index < -0.39 is 0 Å². The maximum atomic E-state index is 12.9. The third-order valence-electron chi connectivity index (χ3n) is 5.57. The van der Waals surface area contributed by atoms with Crippen molar-refractivity contribution in [2.45, 2.75) is 6.54 Å². The van der Waals surface area contributed by atoms with E-state index in [4.69, 9.17) is 4.42 Å². The number of likely N-dealkylation sites (N-methyl/N-ethyl adjacent to an activating group) is 2. The number of carbonyl (C=O) groups excluding carboxylic acids is 3. The van der Waals surface area contributed by atoms with Crippen LogP contribution in [0.25, 0.3) is 0 Å². The first-order valence-electron chi connectivity index (χ1n) is 10.7. The molecule has 32 heavy (non-hydrogen) atoms. The summed E-state index contributed by atoms with van der Waals surface area (Å²) in [6.45, 7) is 3.84. The van der Waals surface area contributed by atoms with E-state index in [-0.39, 0.29) is 30.8 Å². The number of amides is 3. The first kappa shape index (κ1) is 23.5. The molecule has 0 unspecified atom stereocenters. The molecule has 1 aliphatic rings. The average Bonchev–Trinajstić information content (AvgIpc) is 3.32. The molecule has 0 saturated carbocycles. The van der Waals surface area contributed by atoms with E-state index in [0.29, 0.717) is 36.6 Å². The molecule has 2 heterocycles. The molecule has 1 aromatic carbocycles. The molecule has 3 rings (SSSR count). The molecule has 1 saturated heterocycles. The summed E-state index contributed by atoms with van der Waals surface area (Å²) in [5.41, 5.74) is 0.992. The summed E-state index contributed by atoms with van der Waals surface area (Å²) >= 11 is 0. The van der Waals surface area contributed by atoms with Gasteiger partial charge in [0.25, 0.3) is 5.91 Å². The number of hydrogen-bond acceptors (Lipinski definition) is 6. The molecular weight excluding hydrogens is 410 g/mol. The number of nitrogens with one attached hydrogen (secondary N) is 1. The lowest BCUT2D eigenvalue weighted by Gasteiger charge is -2.35. The highest BCUT2D eigenvalue weighted by atomic mass is 16.3. The van der Waals surface area contributed by atoms with Crippen molar-refractivity contribution >= 4 is 23.4 Å². The SMILES string of the molecule is CN(C)C(=O)CN1CCN(CC(=O)N(C)c2ccccc2C(=O)NCc2ccco2)CC1. The molecule has 0 spiro atoms. The smallest absolute Gasteiger partial charge is 0.253 e. The minimum absolute atomic E-state index is 0.0798. The van der Waals surface area contributed by atoms with Crippen LogP contribution in [-0.2, 0) is 16.1 Å². The Balaban J connectivity index is 1.55. The van der Waals surface area contributed by atoms with Crippen LogP contribution in [0.1, 0.15) is 16.1 Å². The van der Waals surface area contributed by atoms with Gasteiger partial charge in [0.15, 0.2) is 0 Å². The Morgan fingerprint density at radius 2 is 1.53 bits per heavy atom. The van der Waals surface area contributed by atoms with Crippen molar-refractivity contribution in [3.8, 4) is 0 Å². The molecule has 1 aromatic heterocycles. The fraction of sp³-hybridized carbons (Fsp3) is 0.435. The zero-order valence-corrected chi connectivity index (χ0v) is 18.9. The van der Waals surface area contributed by atoms with Crippen LogP contribution in [0.3, 0.4) is 0 Å². The fourth-order valence-electron chi connectivity index (χ4n) is 3.50. The molecule has 1 fully saturated rings. The zero-order chi connectivity index (χ0) is 23.1. The maximum absolute atomic E-state index is 12.9. The second-order valence-corrected chi connectivity index (χ2v) is 8.07. The summed E-state index contributed by atoms with van der Waals surface area (Å²) in [4.78, 5) is 44.8. The second kappa shape index (κ2) is 10.9. The van der Waals surface area contributed by atoms with Crippen LogP contribution in [0.15, 0.2) is 47.1 Å². The van der Waals surface area contributed by atoms with Gasteiger partial charge in [-0.1, -0.05) is 12.1 Å². The lowest BCUT2D eigenvalue weighted by Crippen LogP contribution is -2.51. The van der Waals surface area contributed by atoms with Crippen molar-refractivity contribution < 1.29 is 18.8 Å². The van der Waals surface area contributed by atoms with Crippen LogP contribution in [-0.4, -0.2) is 92.8 Å². The summed E-state index contributed by atoms with van der Waals surface area (Å²) in [6, 6.07) is 10.6.